The predicted molar refractivity (Wildman–Crippen MR) is 108 cm³/mol. The Morgan fingerprint density at radius 3 is 2.77 bits per heavy atom. The first kappa shape index (κ1) is 20.7. The SMILES string of the molecule is CN=C(NCCCCN1CCCCC1C)NCc1ncc(C(C)(C)C)o1. The molecule has 2 heterocycles. The van der Waals surface area contributed by atoms with Crippen molar-refractivity contribution >= 4 is 5.96 Å². The Hall–Kier alpha value is -1.56. The largest absolute Gasteiger partial charge is 0.443 e. The van der Waals surface area contributed by atoms with Crippen molar-refractivity contribution in [1.29, 1.82) is 0 Å². The maximum atomic E-state index is 5.80. The molecule has 0 saturated carbocycles. The van der Waals surface area contributed by atoms with Gasteiger partial charge in [-0.25, -0.2) is 4.98 Å². The third kappa shape index (κ3) is 6.63. The quantitative estimate of drug-likeness (QED) is 0.442. The molecule has 148 valence electrons. The second-order valence-electron chi connectivity index (χ2n) is 8.31. The van der Waals surface area contributed by atoms with E-state index in [1.54, 1.807) is 7.05 Å². The lowest BCUT2D eigenvalue weighted by molar-refractivity contribution is 0.158. The minimum absolute atomic E-state index is 0.0168. The minimum atomic E-state index is -0.0168. The monoisotopic (exact) mass is 363 g/mol. The Morgan fingerprint density at radius 1 is 1.31 bits per heavy atom. The number of oxazole rings is 1. The molecular formula is C20H37N5O. The van der Waals surface area contributed by atoms with Crippen LogP contribution >= 0.6 is 0 Å². The summed E-state index contributed by atoms with van der Waals surface area (Å²) in [5.41, 5.74) is -0.0168. The number of aliphatic imine (C=N–C) groups is 1. The van der Waals surface area contributed by atoms with Crippen molar-refractivity contribution in [1.82, 2.24) is 20.5 Å². The zero-order valence-electron chi connectivity index (χ0n) is 17.3. The number of rotatable bonds is 7. The number of likely N-dealkylation sites (tertiary alicyclic amines) is 1. The van der Waals surface area contributed by atoms with Crippen LogP contribution in [0.2, 0.25) is 0 Å². The Bertz CT molecular complexity index is 561. The molecule has 6 nitrogen and oxygen atoms in total. The molecule has 1 unspecified atom stereocenters. The molecule has 1 aromatic rings. The molecule has 1 saturated heterocycles. The van der Waals surface area contributed by atoms with Crippen molar-refractivity contribution < 1.29 is 4.42 Å². The molecule has 0 aromatic carbocycles. The highest BCUT2D eigenvalue weighted by molar-refractivity contribution is 5.79. The van der Waals surface area contributed by atoms with E-state index in [4.69, 9.17) is 4.42 Å². The van der Waals surface area contributed by atoms with Crippen LogP contribution < -0.4 is 10.6 Å². The summed E-state index contributed by atoms with van der Waals surface area (Å²) in [4.78, 5) is 11.2. The van der Waals surface area contributed by atoms with E-state index in [1.165, 1.54) is 38.8 Å². The first-order valence-electron chi connectivity index (χ1n) is 10.0. The maximum Gasteiger partial charge on any atom is 0.213 e. The fourth-order valence-corrected chi connectivity index (χ4v) is 3.26. The van der Waals surface area contributed by atoms with Crippen LogP contribution in [0.5, 0.6) is 0 Å². The van der Waals surface area contributed by atoms with Gasteiger partial charge in [-0.1, -0.05) is 27.2 Å². The number of guanidine groups is 1. The lowest BCUT2D eigenvalue weighted by atomic mass is 9.94. The topological polar surface area (TPSA) is 65.7 Å². The van der Waals surface area contributed by atoms with Gasteiger partial charge < -0.3 is 20.0 Å². The van der Waals surface area contributed by atoms with Gasteiger partial charge in [0.1, 0.15) is 5.76 Å². The lowest BCUT2D eigenvalue weighted by Gasteiger charge is -2.33. The van der Waals surface area contributed by atoms with Crippen molar-refractivity contribution in [3.8, 4) is 0 Å². The number of unbranched alkanes of at least 4 members (excludes halogenated alkanes) is 1. The molecule has 6 heteroatoms. The Labute approximate surface area is 158 Å². The molecule has 1 aliphatic heterocycles. The number of nitrogens with zero attached hydrogens (tertiary/aromatic N) is 3. The van der Waals surface area contributed by atoms with Gasteiger partial charge in [-0.3, -0.25) is 4.99 Å². The molecule has 1 fully saturated rings. The van der Waals surface area contributed by atoms with Crippen molar-refractivity contribution in [3.05, 3.63) is 17.8 Å². The fourth-order valence-electron chi connectivity index (χ4n) is 3.26. The summed E-state index contributed by atoms with van der Waals surface area (Å²) in [6.45, 7) is 12.7. The van der Waals surface area contributed by atoms with Crippen molar-refractivity contribution in [2.45, 2.75) is 77.8 Å². The highest BCUT2D eigenvalue weighted by atomic mass is 16.4. The summed E-state index contributed by atoms with van der Waals surface area (Å²) in [5.74, 6) is 2.40. The first-order chi connectivity index (χ1) is 12.4. The normalized spacial score (nSPS) is 19.6. The van der Waals surface area contributed by atoms with Crippen LogP contribution in [-0.2, 0) is 12.0 Å². The molecule has 1 aromatic heterocycles. The summed E-state index contributed by atoms with van der Waals surface area (Å²) >= 11 is 0. The van der Waals surface area contributed by atoms with Crippen LogP contribution in [0, 0.1) is 0 Å². The average molecular weight is 364 g/mol. The Kier molecular flexibility index (Phi) is 7.94. The van der Waals surface area contributed by atoms with E-state index in [0.717, 1.165) is 30.7 Å². The number of hydrogen-bond donors (Lipinski definition) is 2. The maximum absolute atomic E-state index is 5.80. The summed E-state index contributed by atoms with van der Waals surface area (Å²) in [6.07, 6.45) is 8.29. The van der Waals surface area contributed by atoms with Gasteiger partial charge in [-0.2, -0.15) is 0 Å². The summed E-state index contributed by atoms with van der Waals surface area (Å²) in [6, 6.07) is 0.755. The van der Waals surface area contributed by atoms with Gasteiger partial charge in [0.15, 0.2) is 5.96 Å². The molecule has 0 aliphatic carbocycles. The molecule has 0 bridgehead atoms. The van der Waals surface area contributed by atoms with Crippen molar-refractivity contribution in [3.63, 3.8) is 0 Å². The summed E-state index contributed by atoms with van der Waals surface area (Å²) < 4.78 is 5.80. The molecule has 1 aliphatic rings. The van der Waals surface area contributed by atoms with Crippen LogP contribution in [-0.4, -0.2) is 48.6 Å². The van der Waals surface area contributed by atoms with Crippen molar-refractivity contribution in [2.75, 3.05) is 26.7 Å². The minimum Gasteiger partial charge on any atom is -0.443 e. The molecule has 0 radical (unpaired) electrons. The average Bonchev–Trinajstić information content (AvgIpc) is 3.08. The smallest absolute Gasteiger partial charge is 0.213 e. The fraction of sp³-hybridized carbons (Fsp3) is 0.800. The molecule has 1 atom stereocenters. The Morgan fingerprint density at radius 2 is 2.12 bits per heavy atom. The second-order valence-corrected chi connectivity index (χ2v) is 8.31. The molecule has 2 rings (SSSR count). The third-order valence-electron chi connectivity index (χ3n) is 5.03. The van der Waals surface area contributed by atoms with Crippen LogP contribution in [0.3, 0.4) is 0 Å². The number of piperidine rings is 1. The van der Waals surface area contributed by atoms with E-state index in [2.05, 4.69) is 53.2 Å². The standard InChI is InChI=1S/C20H37N5O/c1-16-10-6-8-12-25(16)13-9-7-11-22-19(21-5)24-15-18-23-14-17(26-18)20(2,3)4/h14,16H,6-13,15H2,1-5H3,(H2,21,22,24). The second kappa shape index (κ2) is 9.95. The van der Waals surface area contributed by atoms with E-state index in [1.807, 2.05) is 6.20 Å². The number of aromatic nitrogens is 1. The van der Waals surface area contributed by atoms with Crippen LogP contribution in [0.25, 0.3) is 0 Å². The van der Waals surface area contributed by atoms with Gasteiger partial charge in [-0.05, 0) is 45.7 Å². The molecule has 2 N–H and O–H groups in total. The van der Waals surface area contributed by atoms with Gasteiger partial charge in [0.25, 0.3) is 0 Å². The van der Waals surface area contributed by atoms with E-state index in [0.29, 0.717) is 12.4 Å². The van der Waals surface area contributed by atoms with E-state index < -0.39 is 0 Å². The molecular weight excluding hydrogens is 326 g/mol. The number of hydrogen-bond acceptors (Lipinski definition) is 4. The lowest BCUT2D eigenvalue weighted by Crippen LogP contribution is -2.39. The third-order valence-corrected chi connectivity index (χ3v) is 5.03. The van der Waals surface area contributed by atoms with E-state index >= 15 is 0 Å². The first-order valence-corrected chi connectivity index (χ1v) is 10.0. The molecule has 0 spiro atoms. The molecule has 26 heavy (non-hydrogen) atoms. The highest BCUT2D eigenvalue weighted by Gasteiger charge is 2.19. The summed E-state index contributed by atoms with van der Waals surface area (Å²) in [7, 11) is 1.79. The van der Waals surface area contributed by atoms with Crippen LogP contribution in [0.1, 0.15) is 71.5 Å². The van der Waals surface area contributed by atoms with Gasteiger partial charge in [-0.15, -0.1) is 0 Å². The van der Waals surface area contributed by atoms with Crippen molar-refractivity contribution in [2.24, 2.45) is 4.99 Å². The Balaban J connectivity index is 1.62. The van der Waals surface area contributed by atoms with Gasteiger partial charge in [0.05, 0.1) is 12.7 Å². The van der Waals surface area contributed by atoms with Crippen LogP contribution in [0.15, 0.2) is 15.6 Å². The highest BCUT2D eigenvalue weighted by Crippen LogP contribution is 2.22. The molecule has 0 amide bonds. The number of nitrogens with one attached hydrogen (secondary N) is 2. The summed E-state index contributed by atoms with van der Waals surface area (Å²) in [5, 5.41) is 6.65. The van der Waals surface area contributed by atoms with Gasteiger partial charge >= 0.3 is 0 Å². The van der Waals surface area contributed by atoms with E-state index in [-0.39, 0.29) is 5.41 Å². The predicted octanol–water partition coefficient (Wildman–Crippen LogP) is 3.29. The zero-order chi connectivity index (χ0) is 19.0. The van der Waals surface area contributed by atoms with E-state index in [9.17, 15) is 0 Å². The van der Waals surface area contributed by atoms with Gasteiger partial charge in [0, 0.05) is 25.0 Å². The van der Waals surface area contributed by atoms with Crippen LogP contribution in [0.4, 0.5) is 0 Å². The zero-order valence-corrected chi connectivity index (χ0v) is 17.3. The van der Waals surface area contributed by atoms with Gasteiger partial charge in [0.2, 0.25) is 5.89 Å².